The third-order valence-corrected chi connectivity index (χ3v) is 9.94. The van der Waals surface area contributed by atoms with Gasteiger partial charge in [-0.15, -0.1) is 0 Å². The molecular formula is C28H33N5O6S. The maximum atomic E-state index is 13.3. The van der Waals surface area contributed by atoms with E-state index in [0.29, 0.717) is 50.7 Å². The van der Waals surface area contributed by atoms with Crippen LogP contribution >= 0.6 is 0 Å². The van der Waals surface area contributed by atoms with Crippen molar-refractivity contribution in [3.8, 4) is 11.5 Å². The summed E-state index contributed by atoms with van der Waals surface area (Å²) in [6.45, 7) is 6.42. The fourth-order valence-electron chi connectivity index (χ4n) is 5.48. The molecule has 3 aliphatic rings. The van der Waals surface area contributed by atoms with Gasteiger partial charge in [-0.3, -0.25) is 19.1 Å². The van der Waals surface area contributed by atoms with Crippen LogP contribution < -0.4 is 15.0 Å². The molecule has 6 rings (SSSR count). The number of piperidine rings is 1. The fourth-order valence-corrected chi connectivity index (χ4v) is 6.98. The van der Waals surface area contributed by atoms with Crippen molar-refractivity contribution >= 4 is 26.8 Å². The highest BCUT2D eigenvalue weighted by Crippen LogP contribution is 2.33. The average Bonchev–Trinajstić information content (AvgIpc) is 3.43. The Hall–Kier alpha value is -3.48. The number of fused-ring (bicyclic) bond motifs is 2. The molecule has 1 amide bonds. The van der Waals surface area contributed by atoms with Crippen molar-refractivity contribution in [3.63, 3.8) is 0 Å². The van der Waals surface area contributed by atoms with Gasteiger partial charge in [-0.05, 0) is 54.7 Å². The predicted octanol–water partition coefficient (Wildman–Crippen LogP) is 1.89. The zero-order valence-electron chi connectivity index (χ0n) is 22.5. The molecule has 0 aliphatic carbocycles. The van der Waals surface area contributed by atoms with E-state index in [1.54, 1.807) is 11.0 Å². The summed E-state index contributed by atoms with van der Waals surface area (Å²) in [6, 6.07) is 10.4. The Labute approximate surface area is 233 Å². The average molecular weight is 568 g/mol. The third-order valence-electron chi connectivity index (χ3n) is 8.05. The number of nitrogens with zero attached hydrogens (tertiary/aromatic N) is 5. The van der Waals surface area contributed by atoms with Crippen molar-refractivity contribution in [3.05, 3.63) is 58.6 Å². The standard InChI is InChI=1S/C28H33N5O6S/c1-20-6-8-33(9-7-20)40(36,37)22-3-4-24-23(15-22)28(35)32(18-29-24)17-27(34)31-12-10-30(11-13-31)16-21-2-5-25-26(14-21)39-19-38-25/h2-5,14-15,18,20H,6-13,16-17,19H2,1H3. The van der Waals surface area contributed by atoms with Crippen LogP contribution in [0.25, 0.3) is 10.9 Å². The van der Waals surface area contributed by atoms with Gasteiger partial charge < -0.3 is 14.4 Å². The molecule has 0 radical (unpaired) electrons. The molecule has 2 saturated heterocycles. The second-order valence-electron chi connectivity index (χ2n) is 10.8. The molecule has 3 aliphatic heterocycles. The molecule has 40 heavy (non-hydrogen) atoms. The highest BCUT2D eigenvalue weighted by Gasteiger charge is 2.29. The topological polar surface area (TPSA) is 114 Å². The van der Waals surface area contributed by atoms with Crippen LogP contribution in [0, 0.1) is 5.92 Å². The summed E-state index contributed by atoms with van der Waals surface area (Å²) >= 11 is 0. The number of carbonyl (C=O) groups is 1. The zero-order chi connectivity index (χ0) is 27.9. The summed E-state index contributed by atoms with van der Waals surface area (Å²) in [5, 5.41) is 0.190. The molecule has 2 fully saturated rings. The predicted molar refractivity (Wildman–Crippen MR) is 148 cm³/mol. The van der Waals surface area contributed by atoms with Crippen LogP contribution in [0.4, 0.5) is 0 Å². The molecule has 0 saturated carbocycles. The summed E-state index contributed by atoms with van der Waals surface area (Å²) in [5.41, 5.74) is 1.09. The molecule has 0 atom stereocenters. The number of aromatic nitrogens is 2. The Morgan fingerprint density at radius 3 is 2.50 bits per heavy atom. The second-order valence-corrected chi connectivity index (χ2v) is 12.7. The van der Waals surface area contributed by atoms with E-state index in [-0.39, 0.29) is 29.5 Å². The second kappa shape index (κ2) is 10.8. The number of ether oxygens (including phenoxy) is 2. The molecule has 0 unspecified atom stereocenters. The zero-order valence-corrected chi connectivity index (χ0v) is 23.3. The Morgan fingerprint density at radius 2 is 1.73 bits per heavy atom. The lowest BCUT2D eigenvalue weighted by Gasteiger charge is -2.34. The lowest BCUT2D eigenvalue weighted by Crippen LogP contribution is -2.49. The first-order valence-electron chi connectivity index (χ1n) is 13.7. The van der Waals surface area contributed by atoms with Crippen molar-refractivity contribution in [2.45, 2.75) is 37.8 Å². The summed E-state index contributed by atoms with van der Waals surface area (Å²) in [4.78, 5) is 34.8. The van der Waals surface area contributed by atoms with Gasteiger partial charge in [-0.25, -0.2) is 13.4 Å². The van der Waals surface area contributed by atoms with Gasteiger partial charge in [0, 0.05) is 45.8 Å². The number of rotatable bonds is 6. The first kappa shape index (κ1) is 26.7. The molecule has 4 heterocycles. The SMILES string of the molecule is CC1CCN(S(=O)(=O)c2ccc3ncn(CC(=O)N4CCN(Cc5ccc6c(c5)OCO6)CC4)c(=O)c3c2)CC1. The van der Waals surface area contributed by atoms with E-state index < -0.39 is 15.6 Å². The van der Waals surface area contributed by atoms with E-state index in [9.17, 15) is 18.0 Å². The molecular weight excluding hydrogens is 534 g/mol. The van der Waals surface area contributed by atoms with Crippen molar-refractivity contribution in [1.29, 1.82) is 0 Å². The molecule has 2 aromatic carbocycles. The Morgan fingerprint density at radius 1 is 0.975 bits per heavy atom. The fraction of sp³-hybridized carbons (Fsp3) is 0.464. The molecule has 212 valence electrons. The minimum Gasteiger partial charge on any atom is -0.454 e. The number of carbonyl (C=O) groups excluding carboxylic acids is 1. The number of piperazine rings is 1. The molecule has 3 aromatic rings. The smallest absolute Gasteiger partial charge is 0.261 e. The van der Waals surface area contributed by atoms with Crippen LogP contribution in [0.5, 0.6) is 11.5 Å². The van der Waals surface area contributed by atoms with Crippen LogP contribution in [0.1, 0.15) is 25.3 Å². The van der Waals surface area contributed by atoms with Gasteiger partial charge in [0.15, 0.2) is 11.5 Å². The Balaban J connectivity index is 1.11. The summed E-state index contributed by atoms with van der Waals surface area (Å²) in [5.74, 6) is 1.84. The molecule has 0 N–H and O–H groups in total. The van der Waals surface area contributed by atoms with Gasteiger partial charge in [-0.2, -0.15) is 4.31 Å². The first-order valence-corrected chi connectivity index (χ1v) is 15.1. The first-order chi connectivity index (χ1) is 19.3. The molecule has 0 spiro atoms. The molecule has 1 aromatic heterocycles. The summed E-state index contributed by atoms with van der Waals surface area (Å²) in [7, 11) is -3.71. The lowest BCUT2D eigenvalue weighted by atomic mass is 10.0. The van der Waals surface area contributed by atoms with Crippen molar-refractivity contribution in [2.75, 3.05) is 46.1 Å². The van der Waals surface area contributed by atoms with Gasteiger partial charge in [0.25, 0.3) is 5.56 Å². The van der Waals surface area contributed by atoms with Gasteiger partial charge in [0.2, 0.25) is 22.7 Å². The largest absolute Gasteiger partial charge is 0.454 e. The van der Waals surface area contributed by atoms with Gasteiger partial charge >= 0.3 is 0 Å². The maximum Gasteiger partial charge on any atom is 0.261 e. The van der Waals surface area contributed by atoms with Crippen LogP contribution in [0.2, 0.25) is 0 Å². The normalized spacial score (nSPS) is 18.9. The third kappa shape index (κ3) is 5.30. The minimum absolute atomic E-state index is 0.0797. The van der Waals surface area contributed by atoms with E-state index in [1.807, 2.05) is 18.2 Å². The van der Waals surface area contributed by atoms with Gasteiger partial charge in [-0.1, -0.05) is 13.0 Å². The molecule has 12 heteroatoms. The number of hydrogen-bond acceptors (Lipinski definition) is 8. The lowest BCUT2D eigenvalue weighted by molar-refractivity contribution is -0.133. The minimum atomic E-state index is -3.71. The summed E-state index contributed by atoms with van der Waals surface area (Å²) < 4.78 is 40.1. The maximum absolute atomic E-state index is 13.3. The highest BCUT2D eigenvalue weighted by molar-refractivity contribution is 7.89. The number of sulfonamides is 1. The van der Waals surface area contributed by atoms with E-state index in [1.165, 1.54) is 27.3 Å². The number of amides is 1. The van der Waals surface area contributed by atoms with E-state index in [4.69, 9.17) is 9.47 Å². The van der Waals surface area contributed by atoms with Crippen molar-refractivity contribution < 1.29 is 22.7 Å². The van der Waals surface area contributed by atoms with Crippen LogP contribution in [-0.4, -0.2) is 84.0 Å². The quantitative estimate of drug-likeness (QED) is 0.444. The van der Waals surface area contributed by atoms with Gasteiger partial charge in [0.1, 0.15) is 6.54 Å². The van der Waals surface area contributed by atoms with Crippen LogP contribution in [-0.2, 0) is 27.9 Å². The van der Waals surface area contributed by atoms with E-state index in [2.05, 4.69) is 16.8 Å². The molecule has 0 bridgehead atoms. The number of benzene rings is 2. The Kier molecular flexibility index (Phi) is 7.24. The van der Waals surface area contributed by atoms with E-state index in [0.717, 1.165) is 36.4 Å². The van der Waals surface area contributed by atoms with Crippen molar-refractivity contribution in [2.24, 2.45) is 5.92 Å². The van der Waals surface area contributed by atoms with Crippen LogP contribution in [0.3, 0.4) is 0 Å². The van der Waals surface area contributed by atoms with E-state index >= 15 is 0 Å². The number of hydrogen-bond donors (Lipinski definition) is 0. The summed E-state index contributed by atoms with van der Waals surface area (Å²) in [6.07, 6.45) is 2.99. The highest BCUT2D eigenvalue weighted by atomic mass is 32.2. The Bertz CT molecular complexity index is 1590. The molecule has 11 nitrogen and oxygen atoms in total. The monoisotopic (exact) mass is 567 g/mol. The van der Waals surface area contributed by atoms with Gasteiger partial charge in [0.05, 0.1) is 22.1 Å². The van der Waals surface area contributed by atoms with Crippen molar-refractivity contribution in [1.82, 2.24) is 23.7 Å². The van der Waals surface area contributed by atoms with Crippen LogP contribution in [0.15, 0.2) is 52.4 Å².